The standard InChI is InChI=1S/C14H26N4O5S2/c1-3-7(2)11(14(22)23)18-10(19)4-16-13(21)9(6-25)17-12(20)8(15)5-24/h7-9,11,24-25H,3-6,15H2,1-2H3,(H,16,21)(H,17,20)(H,18,19)(H,22,23). The Bertz CT molecular complexity index is 492. The molecule has 0 aromatic carbocycles. The molecule has 0 fully saturated rings. The van der Waals surface area contributed by atoms with E-state index < -0.39 is 48.4 Å². The average molecular weight is 395 g/mol. The van der Waals surface area contributed by atoms with Crippen molar-refractivity contribution < 1.29 is 24.3 Å². The number of rotatable bonds is 11. The minimum atomic E-state index is -1.14. The number of nitrogens with one attached hydrogen (secondary N) is 3. The van der Waals surface area contributed by atoms with E-state index in [1.807, 2.05) is 6.92 Å². The van der Waals surface area contributed by atoms with Crippen LogP contribution in [0.4, 0.5) is 0 Å². The first kappa shape index (κ1) is 23.5. The molecule has 0 spiro atoms. The molecule has 0 saturated heterocycles. The van der Waals surface area contributed by atoms with Gasteiger partial charge in [0.2, 0.25) is 17.7 Å². The fourth-order valence-corrected chi connectivity index (χ4v) is 2.18. The van der Waals surface area contributed by atoms with Gasteiger partial charge in [-0.25, -0.2) is 4.79 Å². The van der Waals surface area contributed by atoms with Gasteiger partial charge in [-0.05, 0) is 5.92 Å². The maximum Gasteiger partial charge on any atom is 0.326 e. The average Bonchev–Trinajstić information content (AvgIpc) is 2.59. The number of amides is 3. The molecule has 0 rings (SSSR count). The largest absolute Gasteiger partial charge is 0.480 e. The minimum Gasteiger partial charge on any atom is -0.480 e. The minimum absolute atomic E-state index is 0.00308. The molecule has 9 nitrogen and oxygen atoms in total. The number of thiol groups is 2. The van der Waals surface area contributed by atoms with Gasteiger partial charge >= 0.3 is 5.97 Å². The van der Waals surface area contributed by atoms with Gasteiger partial charge in [0.1, 0.15) is 12.1 Å². The fourth-order valence-electron chi connectivity index (χ4n) is 1.75. The summed E-state index contributed by atoms with van der Waals surface area (Å²) in [6.45, 7) is 3.09. The van der Waals surface area contributed by atoms with Crippen LogP contribution in [0.2, 0.25) is 0 Å². The van der Waals surface area contributed by atoms with Gasteiger partial charge in [0.15, 0.2) is 0 Å². The normalized spacial score (nSPS) is 15.4. The van der Waals surface area contributed by atoms with Crippen LogP contribution in [-0.4, -0.2) is 65.0 Å². The highest BCUT2D eigenvalue weighted by atomic mass is 32.1. The third kappa shape index (κ3) is 8.45. The van der Waals surface area contributed by atoms with Crippen molar-refractivity contribution in [3.63, 3.8) is 0 Å². The van der Waals surface area contributed by atoms with Gasteiger partial charge in [-0.1, -0.05) is 20.3 Å². The second kappa shape index (κ2) is 12.0. The van der Waals surface area contributed by atoms with Gasteiger partial charge in [-0.3, -0.25) is 14.4 Å². The number of nitrogens with two attached hydrogens (primary N) is 1. The summed E-state index contributed by atoms with van der Waals surface area (Å²) in [7, 11) is 0. The highest BCUT2D eigenvalue weighted by Crippen LogP contribution is 2.07. The summed E-state index contributed by atoms with van der Waals surface area (Å²) in [5.41, 5.74) is 5.50. The number of carboxylic acid groups (broad SMARTS) is 1. The molecule has 0 aliphatic heterocycles. The second-order valence-electron chi connectivity index (χ2n) is 5.52. The van der Waals surface area contributed by atoms with Crippen molar-refractivity contribution >= 4 is 48.9 Å². The molecule has 4 atom stereocenters. The van der Waals surface area contributed by atoms with Crippen molar-refractivity contribution in [2.45, 2.75) is 38.4 Å². The van der Waals surface area contributed by atoms with Crippen LogP contribution in [0.25, 0.3) is 0 Å². The van der Waals surface area contributed by atoms with Gasteiger partial charge < -0.3 is 26.8 Å². The van der Waals surface area contributed by atoms with Crippen LogP contribution in [0.15, 0.2) is 0 Å². The Morgan fingerprint density at radius 3 is 2.12 bits per heavy atom. The van der Waals surface area contributed by atoms with Gasteiger partial charge in [0, 0.05) is 11.5 Å². The van der Waals surface area contributed by atoms with E-state index in [4.69, 9.17) is 10.8 Å². The van der Waals surface area contributed by atoms with E-state index >= 15 is 0 Å². The number of hydrogen-bond donors (Lipinski definition) is 7. The Labute approximate surface area is 157 Å². The smallest absolute Gasteiger partial charge is 0.326 e. The number of carboxylic acids is 1. The molecule has 3 amide bonds. The summed E-state index contributed by atoms with van der Waals surface area (Å²) in [6, 6.07) is -2.88. The number of aliphatic carboxylic acids is 1. The van der Waals surface area contributed by atoms with E-state index in [2.05, 4.69) is 41.2 Å². The van der Waals surface area contributed by atoms with E-state index in [1.54, 1.807) is 6.92 Å². The van der Waals surface area contributed by atoms with Crippen LogP contribution in [0.5, 0.6) is 0 Å². The molecule has 0 saturated carbocycles. The third-order valence-corrected chi connectivity index (χ3v) is 4.33. The maximum absolute atomic E-state index is 12.0. The number of hydrogen-bond acceptors (Lipinski definition) is 7. The molecule has 6 N–H and O–H groups in total. The molecule has 144 valence electrons. The van der Waals surface area contributed by atoms with Crippen molar-refractivity contribution in [2.75, 3.05) is 18.1 Å². The zero-order chi connectivity index (χ0) is 19.6. The Balaban J connectivity index is 4.57. The summed E-state index contributed by atoms with van der Waals surface area (Å²) < 4.78 is 0. The van der Waals surface area contributed by atoms with Gasteiger partial charge in [0.25, 0.3) is 0 Å². The lowest BCUT2D eigenvalue weighted by atomic mass is 9.99. The lowest BCUT2D eigenvalue weighted by molar-refractivity contribution is -0.143. The summed E-state index contributed by atoms with van der Waals surface area (Å²) in [5, 5.41) is 16.2. The molecular formula is C14H26N4O5S2. The Morgan fingerprint density at radius 2 is 1.68 bits per heavy atom. The van der Waals surface area contributed by atoms with Crippen molar-refractivity contribution in [2.24, 2.45) is 11.7 Å². The predicted octanol–water partition coefficient (Wildman–Crippen LogP) is -1.61. The van der Waals surface area contributed by atoms with E-state index in [0.717, 1.165) is 0 Å². The molecule has 25 heavy (non-hydrogen) atoms. The first-order valence-corrected chi connectivity index (χ1v) is 9.01. The van der Waals surface area contributed by atoms with Crippen LogP contribution < -0.4 is 21.7 Å². The van der Waals surface area contributed by atoms with E-state index in [-0.39, 0.29) is 17.4 Å². The van der Waals surface area contributed by atoms with Crippen LogP contribution in [0, 0.1) is 5.92 Å². The molecule has 0 radical (unpaired) electrons. The third-order valence-electron chi connectivity index (χ3n) is 3.57. The maximum atomic E-state index is 12.0. The first-order valence-electron chi connectivity index (χ1n) is 7.75. The molecule has 0 aromatic heterocycles. The number of carbonyl (C=O) groups is 4. The molecule has 0 heterocycles. The van der Waals surface area contributed by atoms with Crippen molar-refractivity contribution in [3.8, 4) is 0 Å². The summed E-state index contributed by atoms with van der Waals surface area (Å²) in [6.07, 6.45) is 0.572. The molecule has 11 heteroatoms. The monoisotopic (exact) mass is 394 g/mol. The Kier molecular flexibility index (Phi) is 11.3. The Morgan fingerprint density at radius 1 is 1.08 bits per heavy atom. The Hall–Kier alpha value is -1.46. The van der Waals surface area contributed by atoms with Crippen molar-refractivity contribution in [1.82, 2.24) is 16.0 Å². The SMILES string of the molecule is CCC(C)C(NC(=O)CNC(=O)C(CS)NC(=O)C(N)CS)C(=O)O. The second-order valence-corrected chi connectivity index (χ2v) is 6.25. The zero-order valence-corrected chi connectivity index (χ0v) is 16.0. The van der Waals surface area contributed by atoms with Crippen LogP contribution >= 0.6 is 25.3 Å². The van der Waals surface area contributed by atoms with Crippen molar-refractivity contribution in [3.05, 3.63) is 0 Å². The predicted molar refractivity (Wildman–Crippen MR) is 99.6 cm³/mol. The quantitative estimate of drug-likeness (QED) is 0.210. The van der Waals surface area contributed by atoms with Crippen molar-refractivity contribution in [1.29, 1.82) is 0 Å². The molecule has 0 aliphatic carbocycles. The topological polar surface area (TPSA) is 151 Å². The number of carbonyl (C=O) groups excluding carboxylic acids is 3. The van der Waals surface area contributed by atoms with Crippen LogP contribution in [0.3, 0.4) is 0 Å². The lowest BCUT2D eigenvalue weighted by Crippen LogP contribution is -2.55. The summed E-state index contributed by atoms with van der Waals surface area (Å²) in [5.74, 6) is -3.11. The van der Waals surface area contributed by atoms with Crippen LogP contribution in [0.1, 0.15) is 20.3 Å². The van der Waals surface area contributed by atoms with E-state index in [0.29, 0.717) is 6.42 Å². The van der Waals surface area contributed by atoms with E-state index in [1.165, 1.54) is 0 Å². The molecule has 4 unspecified atom stereocenters. The molecule has 0 aromatic rings. The summed E-state index contributed by atoms with van der Waals surface area (Å²) >= 11 is 7.87. The van der Waals surface area contributed by atoms with Gasteiger partial charge in [-0.2, -0.15) is 25.3 Å². The highest BCUT2D eigenvalue weighted by molar-refractivity contribution is 7.80. The lowest BCUT2D eigenvalue weighted by Gasteiger charge is -2.21. The van der Waals surface area contributed by atoms with Gasteiger partial charge in [-0.15, -0.1) is 0 Å². The fraction of sp³-hybridized carbons (Fsp3) is 0.714. The van der Waals surface area contributed by atoms with Crippen LogP contribution in [-0.2, 0) is 19.2 Å². The molecule has 0 aliphatic rings. The molecule has 0 bridgehead atoms. The van der Waals surface area contributed by atoms with Gasteiger partial charge in [0.05, 0.1) is 12.6 Å². The summed E-state index contributed by atoms with van der Waals surface area (Å²) in [4.78, 5) is 46.7. The highest BCUT2D eigenvalue weighted by Gasteiger charge is 2.26. The molecular weight excluding hydrogens is 368 g/mol. The van der Waals surface area contributed by atoms with E-state index in [9.17, 15) is 19.2 Å². The first-order chi connectivity index (χ1) is 11.7. The zero-order valence-electron chi connectivity index (χ0n) is 14.2.